The van der Waals surface area contributed by atoms with Gasteiger partial charge in [-0.15, -0.1) is 0 Å². The minimum atomic E-state index is -3.47. The third kappa shape index (κ3) is 7.87. The van der Waals surface area contributed by atoms with Gasteiger partial charge in [0.25, 0.3) is 0 Å². The lowest BCUT2D eigenvalue weighted by atomic mass is 9.90. The largest absolute Gasteiger partial charge is 0.490 e. The fourth-order valence-electron chi connectivity index (χ4n) is 3.89. The van der Waals surface area contributed by atoms with Crippen LogP contribution in [0.4, 0.5) is 0 Å². The highest BCUT2D eigenvalue weighted by Crippen LogP contribution is 2.26. The van der Waals surface area contributed by atoms with Crippen LogP contribution in [0.2, 0.25) is 0 Å². The molecule has 2 aromatic carbocycles. The van der Waals surface area contributed by atoms with E-state index >= 15 is 0 Å². The van der Waals surface area contributed by atoms with Crippen LogP contribution in [0.25, 0.3) is 0 Å². The van der Waals surface area contributed by atoms with E-state index in [9.17, 15) is 18.0 Å². The van der Waals surface area contributed by atoms with E-state index in [1.54, 1.807) is 16.8 Å². The average molecular weight is 474 g/mol. The number of piperidine rings is 1. The molecule has 178 valence electrons. The summed E-state index contributed by atoms with van der Waals surface area (Å²) in [5.41, 5.74) is 1.04. The third-order valence-corrected chi connectivity index (χ3v) is 6.33. The molecular formula is C24H31N3O5S. The number of amides is 2. The normalized spacial score (nSPS) is 18.5. The molecule has 1 aliphatic heterocycles. The topological polar surface area (TPSA) is 96.0 Å². The van der Waals surface area contributed by atoms with Gasteiger partial charge in [-0.1, -0.05) is 48.5 Å². The number of hydrogen-bond donors (Lipinski definition) is 1. The standard InChI is InChI=1S/C24H31N3O5S/c1-26(17-19-9-5-3-6-10-19)23(28)15-20-18-27(24(29)16-25-33(2,30)31)14-13-22(20)32-21-11-7-4-8-12-21/h3-12,20,22,25H,13-18H2,1-2H3/t20-,22-/m0/s1. The van der Waals surface area contributed by atoms with Crippen molar-refractivity contribution in [2.24, 2.45) is 5.92 Å². The van der Waals surface area contributed by atoms with E-state index in [-0.39, 0.29) is 36.8 Å². The van der Waals surface area contributed by atoms with Gasteiger partial charge in [0.1, 0.15) is 11.9 Å². The first-order valence-electron chi connectivity index (χ1n) is 10.9. The third-order valence-electron chi connectivity index (χ3n) is 5.66. The molecule has 9 heteroatoms. The van der Waals surface area contributed by atoms with Gasteiger partial charge in [-0.25, -0.2) is 13.1 Å². The van der Waals surface area contributed by atoms with Crippen molar-refractivity contribution in [3.8, 4) is 5.75 Å². The summed E-state index contributed by atoms with van der Waals surface area (Å²) in [6.45, 7) is 0.966. The van der Waals surface area contributed by atoms with Crippen molar-refractivity contribution in [1.29, 1.82) is 0 Å². The molecule has 33 heavy (non-hydrogen) atoms. The van der Waals surface area contributed by atoms with Crippen molar-refractivity contribution >= 4 is 21.8 Å². The number of carbonyl (C=O) groups is 2. The highest BCUT2D eigenvalue weighted by atomic mass is 32.2. The Bertz CT molecular complexity index is 1030. The summed E-state index contributed by atoms with van der Waals surface area (Å²) in [5, 5.41) is 0. The number of nitrogens with one attached hydrogen (secondary N) is 1. The van der Waals surface area contributed by atoms with Crippen LogP contribution in [-0.2, 0) is 26.2 Å². The zero-order valence-corrected chi connectivity index (χ0v) is 19.8. The highest BCUT2D eigenvalue weighted by molar-refractivity contribution is 7.88. The molecule has 8 nitrogen and oxygen atoms in total. The van der Waals surface area contributed by atoms with Crippen molar-refractivity contribution in [3.05, 3.63) is 66.2 Å². The molecule has 2 aromatic rings. The van der Waals surface area contributed by atoms with Crippen LogP contribution < -0.4 is 9.46 Å². The highest BCUT2D eigenvalue weighted by Gasteiger charge is 2.35. The molecule has 1 heterocycles. The number of ether oxygens (including phenoxy) is 1. The van der Waals surface area contributed by atoms with E-state index in [1.807, 2.05) is 60.7 Å². The molecule has 0 aliphatic carbocycles. The summed E-state index contributed by atoms with van der Waals surface area (Å²) in [6, 6.07) is 19.2. The van der Waals surface area contributed by atoms with Gasteiger partial charge in [0.05, 0.1) is 12.8 Å². The maximum absolute atomic E-state index is 13.0. The summed E-state index contributed by atoms with van der Waals surface area (Å²) in [5.74, 6) is 0.158. The Hall–Kier alpha value is -2.91. The molecule has 2 amide bonds. The molecule has 1 saturated heterocycles. The zero-order chi connectivity index (χ0) is 23.8. The molecule has 0 unspecified atom stereocenters. The van der Waals surface area contributed by atoms with Crippen LogP contribution in [0.3, 0.4) is 0 Å². The van der Waals surface area contributed by atoms with Gasteiger partial charge in [0.15, 0.2) is 0 Å². The predicted octanol–water partition coefficient (Wildman–Crippen LogP) is 1.88. The Morgan fingerprint density at radius 2 is 1.73 bits per heavy atom. The van der Waals surface area contributed by atoms with Crippen LogP contribution in [-0.4, -0.2) is 69.1 Å². The lowest BCUT2D eigenvalue weighted by Crippen LogP contribution is -2.51. The molecule has 3 rings (SSSR count). The van der Waals surface area contributed by atoms with Crippen molar-refractivity contribution < 1.29 is 22.7 Å². The van der Waals surface area contributed by atoms with Gasteiger partial charge < -0.3 is 14.5 Å². The predicted molar refractivity (Wildman–Crippen MR) is 126 cm³/mol. The molecule has 1 aliphatic rings. The summed E-state index contributed by atoms with van der Waals surface area (Å²) in [4.78, 5) is 28.9. The Kier molecular flexibility index (Phi) is 8.46. The lowest BCUT2D eigenvalue weighted by molar-refractivity contribution is -0.138. The fraction of sp³-hybridized carbons (Fsp3) is 0.417. The van der Waals surface area contributed by atoms with Gasteiger partial charge >= 0.3 is 0 Å². The molecule has 0 spiro atoms. The monoisotopic (exact) mass is 473 g/mol. The molecule has 2 atom stereocenters. The first-order chi connectivity index (χ1) is 15.7. The van der Waals surface area contributed by atoms with E-state index in [0.29, 0.717) is 26.1 Å². The number of para-hydroxylation sites is 1. The summed E-state index contributed by atoms with van der Waals surface area (Å²) in [6.07, 6.45) is 1.57. The van der Waals surface area contributed by atoms with E-state index in [1.165, 1.54) is 0 Å². The number of carbonyl (C=O) groups excluding carboxylic acids is 2. The van der Waals surface area contributed by atoms with Crippen LogP contribution in [0.15, 0.2) is 60.7 Å². The lowest BCUT2D eigenvalue weighted by Gasteiger charge is -2.39. The second-order valence-corrected chi connectivity index (χ2v) is 10.2. The van der Waals surface area contributed by atoms with Crippen LogP contribution >= 0.6 is 0 Å². The maximum atomic E-state index is 13.0. The van der Waals surface area contributed by atoms with Crippen LogP contribution in [0.1, 0.15) is 18.4 Å². The molecule has 0 radical (unpaired) electrons. The summed E-state index contributed by atoms with van der Waals surface area (Å²) < 4.78 is 31.1. The molecule has 1 N–H and O–H groups in total. The Morgan fingerprint density at radius 1 is 1.09 bits per heavy atom. The maximum Gasteiger partial charge on any atom is 0.237 e. The minimum Gasteiger partial charge on any atom is -0.490 e. The summed E-state index contributed by atoms with van der Waals surface area (Å²) in [7, 11) is -1.70. The van der Waals surface area contributed by atoms with E-state index in [4.69, 9.17) is 4.74 Å². The summed E-state index contributed by atoms with van der Waals surface area (Å²) >= 11 is 0. The first-order valence-corrected chi connectivity index (χ1v) is 12.8. The van der Waals surface area contributed by atoms with Gasteiger partial charge in [-0.3, -0.25) is 9.59 Å². The zero-order valence-electron chi connectivity index (χ0n) is 19.0. The SMILES string of the molecule is CN(Cc1ccccc1)C(=O)C[C@H]1CN(C(=O)CNS(C)(=O)=O)CC[C@@H]1Oc1ccccc1. The van der Waals surface area contributed by atoms with E-state index < -0.39 is 10.0 Å². The number of likely N-dealkylation sites (tertiary alicyclic amines) is 1. The quantitative estimate of drug-likeness (QED) is 0.600. The number of benzene rings is 2. The number of sulfonamides is 1. The van der Waals surface area contributed by atoms with Crippen molar-refractivity contribution in [2.45, 2.75) is 25.5 Å². The second-order valence-electron chi connectivity index (χ2n) is 8.39. The smallest absolute Gasteiger partial charge is 0.237 e. The van der Waals surface area contributed by atoms with Gasteiger partial charge in [0.2, 0.25) is 21.8 Å². The van der Waals surface area contributed by atoms with Gasteiger partial charge in [0, 0.05) is 45.4 Å². The fourth-order valence-corrected chi connectivity index (χ4v) is 4.28. The van der Waals surface area contributed by atoms with Gasteiger partial charge in [-0.2, -0.15) is 0 Å². The van der Waals surface area contributed by atoms with Crippen molar-refractivity contribution in [1.82, 2.24) is 14.5 Å². The van der Waals surface area contributed by atoms with E-state index in [2.05, 4.69) is 4.72 Å². The number of rotatable bonds is 9. The Morgan fingerprint density at radius 3 is 2.36 bits per heavy atom. The number of nitrogens with zero attached hydrogens (tertiary/aromatic N) is 2. The van der Waals surface area contributed by atoms with E-state index in [0.717, 1.165) is 17.6 Å². The van der Waals surface area contributed by atoms with Crippen LogP contribution in [0, 0.1) is 5.92 Å². The van der Waals surface area contributed by atoms with Gasteiger partial charge in [-0.05, 0) is 17.7 Å². The second kappa shape index (κ2) is 11.3. The Labute approximate surface area is 195 Å². The first kappa shape index (κ1) is 24.7. The molecule has 0 aromatic heterocycles. The Balaban J connectivity index is 1.68. The van der Waals surface area contributed by atoms with Crippen molar-refractivity contribution in [3.63, 3.8) is 0 Å². The minimum absolute atomic E-state index is 0.0333. The molecule has 1 fully saturated rings. The van der Waals surface area contributed by atoms with Crippen molar-refractivity contribution in [2.75, 3.05) is 32.9 Å². The van der Waals surface area contributed by atoms with Crippen LogP contribution in [0.5, 0.6) is 5.75 Å². The average Bonchev–Trinajstić information content (AvgIpc) is 2.79. The molecular weight excluding hydrogens is 442 g/mol. The molecule has 0 saturated carbocycles. The molecule has 0 bridgehead atoms. The number of hydrogen-bond acceptors (Lipinski definition) is 5.